The Morgan fingerprint density at radius 2 is 2.13 bits per heavy atom. The van der Waals surface area contributed by atoms with Gasteiger partial charge in [-0.3, -0.25) is 0 Å². The van der Waals surface area contributed by atoms with Crippen molar-refractivity contribution < 1.29 is 4.74 Å². The molecule has 1 nitrogen and oxygen atoms in total. The number of rotatable bonds is 3. The third kappa shape index (κ3) is 2.59. The van der Waals surface area contributed by atoms with Gasteiger partial charge in [-0.2, -0.15) is 0 Å². The van der Waals surface area contributed by atoms with Crippen molar-refractivity contribution in [1.29, 1.82) is 0 Å². The lowest BCUT2D eigenvalue weighted by molar-refractivity contribution is 0.124. The quantitative estimate of drug-likeness (QED) is 0.730. The summed E-state index contributed by atoms with van der Waals surface area (Å²) in [6.07, 6.45) is 3.12. The van der Waals surface area contributed by atoms with E-state index in [9.17, 15) is 0 Å². The molecule has 2 rings (SSSR count). The second-order valence-corrected chi connectivity index (χ2v) is 4.94. The lowest BCUT2D eigenvalue weighted by Gasteiger charge is -2.31. The van der Waals surface area contributed by atoms with Crippen molar-refractivity contribution in [3.05, 3.63) is 28.8 Å². The first-order valence-corrected chi connectivity index (χ1v) is 6.09. The molecule has 0 bridgehead atoms. The number of aryl methyl sites for hydroxylation is 1. The average Bonchev–Trinajstić information content (AvgIpc) is 2.18. The molecule has 0 atom stereocenters. The van der Waals surface area contributed by atoms with Gasteiger partial charge < -0.3 is 4.74 Å². The Bertz CT molecular complexity index is 345. The van der Waals surface area contributed by atoms with Crippen LogP contribution in [0.1, 0.15) is 25.3 Å². The molecule has 0 aliphatic heterocycles. The monoisotopic (exact) mass is 244 g/mol. The summed E-state index contributed by atoms with van der Waals surface area (Å²) in [5.74, 6) is 0.907. The van der Waals surface area contributed by atoms with Gasteiger partial charge in [0.15, 0.2) is 0 Å². The van der Waals surface area contributed by atoms with Crippen LogP contribution >= 0.6 is 23.2 Å². The summed E-state index contributed by atoms with van der Waals surface area (Å²) in [6.45, 7) is 2.09. The molecule has 1 aromatic rings. The van der Waals surface area contributed by atoms with E-state index in [-0.39, 0.29) is 0 Å². The van der Waals surface area contributed by atoms with E-state index >= 15 is 0 Å². The lowest BCUT2D eigenvalue weighted by atomic mass is 9.95. The molecule has 0 heterocycles. The fourth-order valence-electron chi connectivity index (χ4n) is 1.69. The van der Waals surface area contributed by atoms with Crippen LogP contribution in [0.4, 0.5) is 0 Å². The molecule has 3 heteroatoms. The first kappa shape index (κ1) is 11.1. The van der Waals surface area contributed by atoms with Crippen LogP contribution in [0.15, 0.2) is 18.2 Å². The van der Waals surface area contributed by atoms with E-state index in [4.69, 9.17) is 27.9 Å². The summed E-state index contributed by atoms with van der Waals surface area (Å²) in [4.78, 5) is 0. The number of benzene rings is 1. The highest BCUT2D eigenvalue weighted by atomic mass is 35.5. The van der Waals surface area contributed by atoms with Gasteiger partial charge in [0.2, 0.25) is 0 Å². The van der Waals surface area contributed by atoms with Gasteiger partial charge >= 0.3 is 0 Å². The zero-order chi connectivity index (χ0) is 10.8. The third-order valence-corrected chi connectivity index (χ3v) is 3.46. The number of hydrogen-bond donors (Lipinski definition) is 0. The maximum absolute atomic E-state index is 6.03. The minimum absolute atomic E-state index is 0.290. The summed E-state index contributed by atoms with van der Waals surface area (Å²) >= 11 is 11.9. The van der Waals surface area contributed by atoms with Crippen molar-refractivity contribution >= 4 is 23.2 Å². The minimum atomic E-state index is 0.290. The van der Waals surface area contributed by atoms with E-state index in [1.807, 2.05) is 18.2 Å². The van der Waals surface area contributed by atoms with Crippen LogP contribution < -0.4 is 4.74 Å². The molecule has 1 fully saturated rings. The van der Waals surface area contributed by atoms with Gasteiger partial charge in [0.25, 0.3) is 0 Å². The summed E-state index contributed by atoms with van der Waals surface area (Å²) in [6, 6.07) is 5.83. The summed E-state index contributed by atoms with van der Waals surface area (Å²) in [5, 5.41) is 1.11. The molecule has 1 aliphatic rings. The Morgan fingerprint density at radius 1 is 1.40 bits per heavy atom. The Kier molecular flexibility index (Phi) is 3.42. The average molecular weight is 245 g/mol. The molecule has 0 saturated heterocycles. The number of ether oxygens (including phenoxy) is 1. The second-order valence-electron chi connectivity index (χ2n) is 3.92. The fourth-order valence-corrected chi connectivity index (χ4v) is 2.33. The van der Waals surface area contributed by atoms with Gasteiger partial charge in [-0.1, -0.05) is 18.5 Å². The molecule has 0 spiro atoms. The van der Waals surface area contributed by atoms with Crippen molar-refractivity contribution in [2.45, 2.75) is 37.7 Å². The summed E-state index contributed by atoms with van der Waals surface area (Å²) in [5.41, 5.74) is 1.14. The third-order valence-electron chi connectivity index (χ3n) is 2.74. The molecule has 1 saturated carbocycles. The highest BCUT2D eigenvalue weighted by Gasteiger charge is 2.28. The predicted molar refractivity (Wildman–Crippen MR) is 64.1 cm³/mol. The van der Waals surface area contributed by atoms with Crippen LogP contribution in [0.2, 0.25) is 5.02 Å². The van der Waals surface area contributed by atoms with Gasteiger partial charge in [-0.15, -0.1) is 11.6 Å². The Balaban J connectivity index is 2.02. The smallest absolute Gasteiger partial charge is 0.120 e. The second kappa shape index (κ2) is 4.63. The standard InChI is InChI=1S/C12H14Cl2O/c1-2-8-5-10(3-4-12(8)14)15-11-6-9(13)7-11/h3-5,9,11H,2,6-7H2,1H3. The van der Waals surface area contributed by atoms with Crippen molar-refractivity contribution in [2.75, 3.05) is 0 Å². The lowest BCUT2D eigenvalue weighted by Crippen LogP contribution is -2.34. The normalized spacial score (nSPS) is 24.7. The number of halogens is 2. The van der Waals surface area contributed by atoms with E-state index in [2.05, 4.69) is 6.92 Å². The van der Waals surface area contributed by atoms with Gasteiger partial charge in [-0.25, -0.2) is 0 Å². The van der Waals surface area contributed by atoms with Crippen LogP contribution in [0.5, 0.6) is 5.75 Å². The van der Waals surface area contributed by atoms with Gasteiger partial charge in [0, 0.05) is 23.2 Å². The Labute approximate surface area is 100 Å². The van der Waals surface area contributed by atoms with Crippen molar-refractivity contribution in [1.82, 2.24) is 0 Å². The molecule has 0 aromatic heterocycles. The van der Waals surface area contributed by atoms with Crippen LogP contribution in [-0.2, 0) is 6.42 Å². The van der Waals surface area contributed by atoms with E-state index in [0.717, 1.165) is 35.6 Å². The van der Waals surface area contributed by atoms with Gasteiger partial charge in [-0.05, 0) is 30.2 Å². The molecule has 15 heavy (non-hydrogen) atoms. The first-order valence-electron chi connectivity index (χ1n) is 5.28. The van der Waals surface area contributed by atoms with Gasteiger partial charge in [0.1, 0.15) is 11.9 Å². The van der Waals surface area contributed by atoms with E-state index in [0.29, 0.717) is 11.5 Å². The van der Waals surface area contributed by atoms with Crippen LogP contribution in [0, 0.1) is 0 Å². The number of alkyl halides is 1. The molecular formula is C12H14Cl2O. The maximum atomic E-state index is 6.03. The molecule has 1 aliphatic carbocycles. The SMILES string of the molecule is CCc1cc(OC2CC(Cl)C2)ccc1Cl. The van der Waals surface area contributed by atoms with E-state index < -0.39 is 0 Å². The van der Waals surface area contributed by atoms with Crippen LogP contribution in [-0.4, -0.2) is 11.5 Å². The summed E-state index contributed by atoms with van der Waals surface area (Å²) in [7, 11) is 0. The molecule has 0 unspecified atom stereocenters. The predicted octanol–water partition coefficient (Wildman–Crippen LogP) is 4.05. The topological polar surface area (TPSA) is 9.23 Å². The highest BCUT2D eigenvalue weighted by molar-refractivity contribution is 6.31. The zero-order valence-electron chi connectivity index (χ0n) is 8.67. The highest BCUT2D eigenvalue weighted by Crippen LogP contribution is 2.31. The molecule has 1 aromatic carbocycles. The maximum Gasteiger partial charge on any atom is 0.120 e. The van der Waals surface area contributed by atoms with Crippen molar-refractivity contribution in [3.63, 3.8) is 0 Å². The number of hydrogen-bond acceptors (Lipinski definition) is 1. The van der Waals surface area contributed by atoms with Crippen LogP contribution in [0.3, 0.4) is 0 Å². The van der Waals surface area contributed by atoms with E-state index in [1.165, 1.54) is 0 Å². The van der Waals surface area contributed by atoms with Crippen molar-refractivity contribution in [2.24, 2.45) is 0 Å². The first-order chi connectivity index (χ1) is 7.19. The Morgan fingerprint density at radius 3 is 2.73 bits per heavy atom. The molecule has 0 amide bonds. The van der Waals surface area contributed by atoms with Crippen LogP contribution in [0.25, 0.3) is 0 Å². The zero-order valence-corrected chi connectivity index (χ0v) is 10.2. The summed E-state index contributed by atoms with van der Waals surface area (Å²) < 4.78 is 5.78. The molecular weight excluding hydrogens is 231 g/mol. The fraction of sp³-hybridized carbons (Fsp3) is 0.500. The Hall–Kier alpha value is -0.400. The molecule has 82 valence electrons. The minimum Gasteiger partial charge on any atom is -0.490 e. The molecule has 0 N–H and O–H groups in total. The van der Waals surface area contributed by atoms with E-state index in [1.54, 1.807) is 0 Å². The molecule has 0 radical (unpaired) electrons. The largest absolute Gasteiger partial charge is 0.490 e. The van der Waals surface area contributed by atoms with Crippen molar-refractivity contribution in [3.8, 4) is 5.75 Å². The van der Waals surface area contributed by atoms with Gasteiger partial charge in [0.05, 0.1) is 0 Å².